The molecule has 0 aliphatic rings. The van der Waals surface area contributed by atoms with Crippen molar-refractivity contribution >= 4 is 27.8 Å². The highest BCUT2D eigenvalue weighted by Crippen LogP contribution is 2.35. The number of carboxylic acid groups (broad SMARTS) is 1. The first-order valence-corrected chi connectivity index (χ1v) is 6.20. The quantitative estimate of drug-likeness (QED) is 0.828. The summed E-state index contributed by atoms with van der Waals surface area (Å²) in [6, 6.07) is 3.09. The van der Waals surface area contributed by atoms with Gasteiger partial charge in [0.15, 0.2) is 0 Å². The van der Waals surface area contributed by atoms with Gasteiger partial charge in [-0.15, -0.1) is 0 Å². The third-order valence-corrected chi connectivity index (χ3v) is 3.11. The molecule has 1 aromatic rings. The standard InChI is InChI=1S/C12H14BrNO5/c1-18-8-5-7(6-9(19-2)11(8)13)12(17)14-4-3-10(15)16/h5-6H,3-4H2,1-2H3,(H,14,17)(H,15,16). The number of carbonyl (C=O) groups is 2. The molecule has 19 heavy (non-hydrogen) atoms. The van der Waals surface area contributed by atoms with Crippen LogP contribution in [0.2, 0.25) is 0 Å². The average molecular weight is 332 g/mol. The maximum Gasteiger partial charge on any atom is 0.305 e. The molecule has 0 bridgehead atoms. The Labute approximate surface area is 118 Å². The number of carbonyl (C=O) groups excluding carboxylic acids is 1. The lowest BCUT2D eigenvalue weighted by atomic mass is 10.2. The zero-order valence-corrected chi connectivity index (χ0v) is 12.1. The first-order chi connectivity index (χ1) is 8.99. The summed E-state index contributed by atoms with van der Waals surface area (Å²) in [7, 11) is 2.96. The summed E-state index contributed by atoms with van der Waals surface area (Å²) in [5.41, 5.74) is 0.335. The van der Waals surface area contributed by atoms with E-state index in [1.807, 2.05) is 0 Å². The summed E-state index contributed by atoms with van der Waals surface area (Å²) in [6.07, 6.45) is -0.128. The maximum absolute atomic E-state index is 11.8. The van der Waals surface area contributed by atoms with Crippen molar-refractivity contribution in [2.75, 3.05) is 20.8 Å². The van der Waals surface area contributed by atoms with Gasteiger partial charge in [-0.25, -0.2) is 0 Å². The Balaban J connectivity index is 2.87. The third kappa shape index (κ3) is 4.13. The van der Waals surface area contributed by atoms with Crippen LogP contribution < -0.4 is 14.8 Å². The van der Waals surface area contributed by atoms with Crippen LogP contribution in [0.25, 0.3) is 0 Å². The highest BCUT2D eigenvalue weighted by atomic mass is 79.9. The van der Waals surface area contributed by atoms with Crippen LogP contribution in [0.5, 0.6) is 11.5 Å². The molecule has 0 heterocycles. The lowest BCUT2D eigenvalue weighted by Crippen LogP contribution is -2.26. The van der Waals surface area contributed by atoms with Gasteiger partial charge in [-0.05, 0) is 28.1 Å². The summed E-state index contributed by atoms with van der Waals surface area (Å²) < 4.78 is 10.9. The molecule has 0 radical (unpaired) electrons. The van der Waals surface area contributed by atoms with Gasteiger partial charge in [-0.3, -0.25) is 9.59 Å². The molecule has 2 N–H and O–H groups in total. The highest BCUT2D eigenvalue weighted by Gasteiger charge is 2.14. The summed E-state index contributed by atoms with van der Waals surface area (Å²) in [5, 5.41) is 11.0. The topological polar surface area (TPSA) is 84.9 Å². The van der Waals surface area contributed by atoms with Crippen molar-refractivity contribution in [1.29, 1.82) is 0 Å². The molecule has 0 atom stereocenters. The first kappa shape index (κ1) is 15.3. The minimum absolute atomic E-state index is 0.0643. The zero-order chi connectivity index (χ0) is 14.4. The summed E-state index contributed by atoms with van der Waals surface area (Å²) >= 11 is 3.30. The van der Waals surface area contributed by atoms with Crippen molar-refractivity contribution < 1.29 is 24.2 Å². The lowest BCUT2D eigenvalue weighted by Gasteiger charge is -2.11. The third-order valence-electron chi connectivity index (χ3n) is 2.33. The molecule has 7 heteroatoms. The number of aliphatic carboxylic acids is 1. The molecule has 0 aliphatic carbocycles. The Kier molecular flexibility index (Phi) is 5.62. The number of halogens is 1. The van der Waals surface area contributed by atoms with E-state index in [2.05, 4.69) is 21.2 Å². The number of nitrogens with one attached hydrogen (secondary N) is 1. The number of ether oxygens (including phenoxy) is 2. The first-order valence-electron chi connectivity index (χ1n) is 5.41. The van der Waals surface area contributed by atoms with Gasteiger partial charge in [0.1, 0.15) is 16.0 Å². The molecule has 1 rings (SSSR count). The van der Waals surface area contributed by atoms with Crippen molar-refractivity contribution in [3.63, 3.8) is 0 Å². The van der Waals surface area contributed by atoms with Gasteiger partial charge < -0.3 is 19.9 Å². The lowest BCUT2D eigenvalue weighted by molar-refractivity contribution is -0.136. The van der Waals surface area contributed by atoms with Gasteiger partial charge in [0.05, 0.1) is 20.6 Å². The molecular formula is C12H14BrNO5. The molecule has 1 amide bonds. The molecule has 0 saturated heterocycles. The molecule has 0 unspecified atom stereocenters. The SMILES string of the molecule is COc1cc(C(=O)NCCC(=O)O)cc(OC)c1Br. The van der Waals surface area contributed by atoms with E-state index in [4.69, 9.17) is 14.6 Å². The Hall–Kier alpha value is -1.76. The van der Waals surface area contributed by atoms with Crippen LogP contribution in [0.1, 0.15) is 16.8 Å². The monoisotopic (exact) mass is 331 g/mol. The molecule has 0 aromatic heterocycles. The number of amides is 1. The molecule has 6 nitrogen and oxygen atoms in total. The van der Waals surface area contributed by atoms with Gasteiger partial charge in [0, 0.05) is 12.1 Å². The van der Waals surface area contributed by atoms with Crippen LogP contribution in [-0.4, -0.2) is 37.7 Å². The summed E-state index contributed by atoms with van der Waals surface area (Å²) in [6.45, 7) is 0.0643. The van der Waals surface area contributed by atoms with Crippen molar-refractivity contribution in [1.82, 2.24) is 5.32 Å². The maximum atomic E-state index is 11.8. The number of rotatable bonds is 6. The largest absolute Gasteiger partial charge is 0.495 e. The van der Waals surface area contributed by atoms with E-state index in [0.29, 0.717) is 21.5 Å². The second-order valence-corrected chi connectivity index (χ2v) is 4.39. The van der Waals surface area contributed by atoms with Crippen molar-refractivity contribution in [2.45, 2.75) is 6.42 Å². The number of benzene rings is 1. The zero-order valence-electron chi connectivity index (χ0n) is 10.5. The van der Waals surface area contributed by atoms with E-state index in [-0.39, 0.29) is 18.9 Å². The van der Waals surface area contributed by atoms with Crippen molar-refractivity contribution in [2.24, 2.45) is 0 Å². The van der Waals surface area contributed by atoms with Crippen LogP contribution in [-0.2, 0) is 4.79 Å². The number of hydrogen-bond donors (Lipinski definition) is 2. The van der Waals surface area contributed by atoms with Crippen molar-refractivity contribution in [3.05, 3.63) is 22.2 Å². The van der Waals surface area contributed by atoms with E-state index in [1.54, 1.807) is 12.1 Å². The molecular weight excluding hydrogens is 318 g/mol. The highest BCUT2D eigenvalue weighted by molar-refractivity contribution is 9.10. The minimum atomic E-state index is -0.966. The van der Waals surface area contributed by atoms with E-state index in [9.17, 15) is 9.59 Å². The van der Waals surface area contributed by atoms with E-state index in [1.165, 1.54) is 14.2 Å². The molecule has 104 valence electrons. The average Bonchev–Trinajstić information content (AvgIpc) is 2.38. The van der Waals surface area contributed by atoms with Crippen LogP contribution in [0.4, 0.5) is 0 Å². The predicted octanol–water partition coefficient (Wildman–Crippen LogP) is 1.67. The van der Waals surface area contributed by atoms with Crippen molar-refractivity contribution in [3.8, 4) is 11.5 Å². The van der Waals surface area contributed by atoms with E-state index < -0.39 is 5.97 Å². The predicted molar refractivity (Wildman–Crippen MR) is 71.8 cm³/mol. The van der Waals surface area contributed by atoms with Crippen LogP contribution >= 0.6 is 15.9 Å². The van der Waals surface area contributed by atoms with Crippen LogP contribution in [0.15, 0.2) is 16.6 Å². The van der Waals surface area contributed by atoms with Gasteiger partial charge in [-0.2, -0.15) is 0 Å². The molecule has 0 aliphatic heterocycles. The van der Waals surface area contributed by atoms with E-state index >= 15 is 0 Å². The molecule has 1 aromatic carbocycles. The Morgan fingerprint density at radius 3 is 2.21 bits per heavy atom. The Bertz CT molecular complexity index is 464. The summed E-state index contributed by atoms with van der Waals surface area (Å²) in [4.78, 5) is 22.2. The Morgan fingerprint density at radius 2 is 1.79 bits per heavy atom. The van der Waals surface area contributed by atoms with E-state index in [0.717, 1.165) is 0 Å². The summed E-state index contributed by atoms with van der Waals surface area (Å²) in [5.74, 6) is -0.429. The number of carboxylic acids is 1. The second kappa shape index (κ2) is 6.98. The smallest absolute Gasteiger partial charge is 0.305 e. The molecule has 0 spiro atoms. The number of hydrogen-bond acceptors (Lipinski definition) is 4. The molecule has 0 fully saturated rings. The van der Waals surface area contributed by atoms with Gasteiger partial charge >= 0.3 is 5.97 Å². The fourth-order valence-electron chi connectivity index (χ4n) is 1.39. The van der Waals surface area contributed by atoms with Crippen LogP contribution in [0.3, 0.4) is 0 Å². The van der Waals surface area contributed by atoms with Crippen LogP contribution in [0, 0.1) is 0 Å². The normalized spacial score (nSPS) is 9.84. The number of methoxy groups -OCH3 is 2. The van der Waals surface area contributed by atoms with Gasteiger partial charge in [-0.1, -0.05) is 0 Å². The second-order valence-electron chi connectivity index (χ2n) is 3.59. The van der Waals surface area contributed by atoms with Gasteiger partial charge in [0.25, 0.3) is 5.91 Å². The fourth-order valence-corrected chi connectivity index (χ4v) is 1.94. The molecule has 0 saturated carbocycles. The Morgan fingerprint density at radius 1 is 1.26 bits per heavy atom. The minimum Gasteiger partial charge on any atom is -0.495 e. The van der Waals surface area contributed by atoms with Gasteiger partial charge in [0.2, 0.25) is 0 Å². The fraction of sp³-hybridized carbons (Fsp3) is 0.333.